The second kappa shape index (κ2) is 27.3. The summed E-state index contributed by atoms with van der Waals surface area (Å²) in [7, 11) is 0. The normalized spacial score (nSPS) is 23.9. The van der Waals surface area contributed by atoms with Gasteiger partial charge in [-0.25, -0.2) is 0 Å². The van der Waals surface area contributed by atoms with E-state index < -0.39 is 49.5 Å². The van der Waals surface area contributed by atoms with E-state index in [0.717, 1.165) is 77.0 Å². The van der Waals surface area contributed by atoms with Crippen LogP contribution in [0.4, 0.5) is 0 Å². The Hall–Kier alpha value is -1.85. The van der Waals surface area contributed by atoms with Crippen molar-refractivity contribution in [3.63, 3.8) is 0 Å². The van der Waals surface area contributed by atoms with E-state index in [2.05, 4.69) is 55.6 Å². The van der Waals surface area contributed by atoms with Crippen molar-refractivity contribution in [2.24, 2.45) is 0 Å². The molecule has 1 amide bonds. The van der Waals surface area contributed by atoms with Crippen molar-refractivity contribution in [1.82, 2.24) is 5.32 Å². The first-order chi connectivity index (χ1) is 21.8. The number of unbranched alkanes of at least 4 members (excludes halogenated alkanes) is 10. The fraction of sp³-hybridized carbons (Fsp3) is 0.750. The maximum Gasteiger partial charge on any atom is 0.220 e. The molecule has 9 nitrogen and oxygen atoms in total. The fourth-order valence-electron chi connectivity index (χ4n) is 4.94. The SMILES string of the molecule is CCC/C=C\CCCCCCCC(=O)NC(COC1OC(CO)C(O)C(O)C1O)C(O)/C=C/CC/C=C/CC/C=C/CCCC. The second-order valence-electron chi connectivity index (χ2n) is 11.9. The highest BCUT2D eigenvalue weighted by atomic mass is 16.7. The molecule has 1 aliphatic heterocycles. The highest BCUT2D eigenvalue weighted by Crippen LogP contribution is 2.22. The summed E-state index contributed by atoms with van der Waals surface area (Å²) in [4.78, 5) is 12.8. The van der Waals surface area contributed by atoms with Crippen LogP contribution in [-0.2, 0) is 14.3 Å². The molecule has 1 aliphatic rings. The first kappa shape index (κ1) is 41.2. The van der Waals surface area contributed by atoms with Crippen molar-refractivity contribution in [3.05, 3.63) is 48.6 Å². The monoisotopic (exact) mass is 637 g/mol. The van der Waals surface area contributed by atoms with E-state index in [4.69, 9.17) is 9.47 Å². The van der Waals surface area contributed by atoms with Crippen LogP contribution in [-0.4, -0.2) is 87.5 Å². The maximum atomic E-state index is 12.8. The summed E-state index contributed by atoms with van der Waals surface area (Å²) in [6.07, 6.45) is 24.5. The second-order valence-corrected chi connectivity index (χ2v) is 11.9. The van der Waals surface area contributed by atoms with E-state index in [0.29, 0.717) is 6.42 Å². The zero-order valence-electron chi connectivity index (χ0n) is 27.8. The third-order valence-corrected chi connectivity index (χ3v) is 7.83. The molecular weight excluding hydrogens is 574 g/mol. The number of aliphatic hydroxyl groups excluding tert-OH is 5. The van der Waals surface area contributed by atoms with Crippen molar-refractivity contribution in [2.45, 2.75) is 159 Å². The third kappa shape index (κ3) is 19.4. The summed E-state index contributed by atoms with van der Waals surface area (Å²) in [6, 6.07) is -0.828. The summed E-state index contributed by atoms with van der Waals surface area (Å²) in [6.45, 7) is 3.58. The highest BCUT2D eigenvalue weighted by Gasteiger charge is 2.44. The number of allylic oxidation sites excluding steroid dienone is 7. The van der Waals surface area contributed by atoms with Crippen molar-refractivity contribution in [1.29, 1.82) is 0 Å². The Morgan fingerprint density at radius 2 is 1.31 bits per heavy atom. The Morgan fingerprint density at radius 3 is 1.96 bits per heavy atom. The minimum atomic E-state index is -1.57. The number of carbonyl (C=O) groups excluding carboxylic acids is 1. The number of amides is 1. The van der Waals surface area contributed by atoms with E-state index in [1.165, 1.54) is 19.3 Å². The molecule has 0 aromatic carbocycles. The quantitative estimate of drug-likeness (QED) is 0.0563. The Labute approximate surface area is 272 Å². The lowest BCUT2D eigenvalue weighted by Gasteiger charge is -2.40. The molecule has 0 aromatic rings. The number of nitrogens with one attached hydrogen (secondary N) is 1. The van der Waals surface area contributed by atoms with Gasteiger partial charge >= 0.3 is 0 Å². The number of hydrogen-bond acceptors (Lipinski definition) is 8. The highest BCUT2D eigenvalue weighted by molar-refractivity contribution is 5.76. The van der Waals surface area contributed by atoms with Gasteiger partial charge in [0.1, 0.15) is 24.4 Å². The van der Waals surface area contributed by atoms with Crippen LogP contribution in [0.5, 0.6) is 0 Å². The fourth-order valence-corrected chi connectivity index (χ4v) is 4.94. The van der Waals surface area contributed by atoms with Crippen LogP contribution in [0.3, 0.4) is 0 Å². The van der Waals surface area contributed by atoms with E-state index >= 15 is 0 Å². The van der Waals surface area contributed by atoms with Crippen molar-refractivity contribution in [3.8, 4) is 0 Å². The van der Waals surface area contributed by atoms with E-state index in [-0.39, 0.29) is 12.5 Å². The molecule has 1 heterocycles. The largest absolute Gasteiger partial charge is 0.394 e. The van der Waals surface area contributed by atoms with Crippen LogP contribution >= 0.6 is 0 Å². The van der Waals surface area contributed by atoms with Crippen molar-refractivity contribution < 1.29 is 39.8 Å². The molecule has 7 unspecified atom stereocenters. The molecule has 0 bridgehead atoms. The molecule has 6 N–H and O–H groups in total. The smallest absolute Gasteiger partial charge is 0.220 e. The minimum absolute atomic E-state index is 0.209. The zero-order valence-corrected chi connectivity index (χ0v) is 27.8. The molecule has 45 heavy (non-hydrogen) atoms. The van der Waals surface area contributed by atoms with Crippen molar-refractivity contribution >= 4 is 5.91 Å². The van der Waals surface area contributed by atoms with E-state index in [1.807, 2.05) is 6.08 Å². The van der Waals surface area contributed by atoms with Gasteiger partial charge in [0, 0.05) is 6.42 Å². The molecule has 260 valence electrons. The van der Waals surface area contributed by atoms with Gasteiger partial charge < -0.3 is 40.3 Å². The Kier molecular flexibility index (Phi) is 25.0. The van der Waals surface area contributed by atoms with Crippen LogP contribution in [0, 0.1) is 0 Å². The molecule has 0 aromatic heterocycles. The Balaban J connectivity index is 2.57. The number of hydrogen-bond donors (Lipinski definition) is 6. The van der Waals surface area contributed by atoms with Gasteiger partial charge in [-0.05, 0) is 57.8 Å². The van der Waals surface area contributed by atoms with Crippen LogP contribution in [0.15, 0.2) is 48.6 Å². The third-order valence-electron chi connectivity index (χ3n) is 7.83. The van der Waals surface area contributed by atoms with Gasteiger partial charge in [-0.2, -0.15) is 0 Å². The lowest BCUT2D eigenvalue weighted by Crippen LogP contribution is -2.60. The molecule has 7 atom stereocenters. The topological polar surface area (TPSA) is 149 Å². The average molecular weight is 638 g/mol. The van der Waals surface area contributed by atoms with Crippen LogP contribution in [0.2, 0.25) is 0 Å². The summed E-state index contributed by atoms with van der Waals surface area (Å²) in [5.74, 6) is -0.209. The molecule has 9 heteroatoms. The lowest BCUT2D eigenvalue weighted by atomic mass is 9.99. The zero-order chi connectivity index (χ0) is 33.1. The van der Waals surface area contributed by atoms with Gasteiger partial charge in [0.25, 0.3) is 0 Å². The van der Waals surface area contributed by atoms with Gasteiger partial charge in [-0.1, -0.05) is 101 Å². The summed E-state index contributed by atoms with van der Waals surface area (Å²) in [5.41, 5.74) is 0. The van der Waals surface area contributed by atoms with Crippen LogP contribution < -0.4 is 5.32 Å². The van der Waals surface area contributed by atoms with Gasteiger partial charge in [0.15, 0.2) is 6.29 Å². The molecule has 1 rings (SSSR count). The number of ether oxygens (including phenoxy) is 2. The Bertz CT molecular complexity index is 843. The van der Waals surface area contributed by atoms with Crippen molar-refractivity contribution in [2.75, 3.05) is 13.2 Å². The first-order valence-electron chi connectivity index (χ1n) is 17.4. The van der Waals surface area contributed by atoms with Gasteiger partial charge in [0.2, 0.25) is 5.91 Å². The van der Waals surface area contributed by atoms with E-state index in [9.17, 15) is 30.3 Å². The summed E-state index contributed by atoms with van der Waals surface area (Å²) < 4.78 is 11.1. The maximum absolute atomic E-state index is 12.8. The molecule has 0 saturated carbocycles. The number of carbonyl (C=O) groups is 1. The predicted octanol–water partition coefficient (Wildman–Crippen LogP) is 5.15. The van der Waals surface area contributed by atoms with E-state index in [1.54, 1.807) is 6.08 Å². The summed E-state index contributed by atoms with van der Waals surface area (Å²) >= 11 is 0. The molecule has 0 spiro atoms. The molecular formula is C36H63NO8. The molecule has 0 radical (unpaired) electrons. The van der Waals surface area contributed by atoms with Gasteiger partial charge in [-0.3, -0.25) is 4.79 Å². The van der Waals surface area contributed by atoms with Gasteiger partial charge in [0.05, 0.1) is 25.4 Å². The first-order valence-corrected chi connectivity index (χ1v) is 17.4. The van der Waals surface area contributed by atoms with Crippen LogP contribution in [0.25, 0.3) is 0 Å². The average Bonchev–Trinajstić information content (AvgIpc) is 3.04. The molecule has 1 fully saturated rings. The lowest BCUT2D eigenvalue weighted by molar-refractivity contribution is -0.302. The standard InChI is InChI=1S/C36H63NO8/c1-3-5-7-9-11-13-15-16-17-19-21-23-25-30(39)29(28-44-36-35(43)34(42)33(41)31(27-38)45-36)37-32(40)26-24-22-20-18-14-12-10-8-6-4-2/h8-11,16-17,23,25,29-31,33-36,38-39,41-43H,3-7,12-15,18-22,24,26-28H2,1-2H3,(H,37,40)/b10-8-,11-9+,17-16+,25-23+. The molecule has 1 saturated heterocycles. The number of aliphatic hydroxyl groups is 5. The predicted molar refractivity (Wildman–Crippen MR) is 179 cm³/mol. The Morgan fingerprint density at radius 1 is 0.733 bits per heavy atom. The number of rotatable bonds is 26. The van der Waals surface area contributed by atoms with Crippen LogP contribution in [0.1, 0.15) is 117 Å². The van der Waals surface area contributed by atoms with Gasteiger partial charge in [-0.15, -0.1) is 0 Å². The molecule has 0 aliphatic carbocycles. The summed E-state index contributed by atoms with van der Waals surface area (Å²) in [5, 5.41) is 53.6. The minimum Gasteiger partial charge on any atom is -0.394 e.